The van der Waals surface area contributed by atoms with Crippen molar-refractivity contribution in [3.63, 3.8) is 0 Å². The fourth-order valence-corrected chi connectivity index (χ4v) is 1.87. The van der Waals surface area contributed by atoms with Crippen LogP contribution in [0.5, 0.6) is 0 Å². The Kier molecular flexibility index (Phi) is 6.71. The summed E-state index contributed by atoms with van der Waals surface area (Å²) in [7, 11) is 0. The molecule has 0 radical (unpaired) electrons. The first-order chi connectivity index (χ1) is 6.96. The van der Waals surface area contributed by atoms with Gasteiger partial charge in [0.25, 0.3) is 0 Å². The standard InChI is InChI=1S/C14H28O/c1-7-9-10-15-13(5)14(6,8-2)11-12(3)4/h12H,5,7-11H2,1-4,6H3. The van der Waals surface area contributed by atoms with Gasteiger partial charge in [0.15, 0.2) is 0 Å². The molecule has 0 aromatic carbocycles. The van der Waals surface area contributed by atoms with Crippen molar-refractivity contribution in [3.05, 3.63) is 12.3 Å². The summed E-state index contributed by atoms with van der Waals surface area (Å²) in [6, 6.07) is 0. The van der Waals surface area contributed by atoms with E-state index in [9.17, 15) is 0 Å². The summed E-state index contributed by atoms with van der Waals surface area (Å²) in [4.78, 5) is 0. The third-order valence-electron chi connectivity index (χ3n) is 3.09. The Morgan fingerprint density at radius 3 is 2.33 bits per heavy atom. The highest BCUT2D eigenvalue weighted by Gasteiger charge is 2.28. The average molecular weight is 212 g/mol. The molecule has 0 bridgehead atoms. The Morgan fingerprint density at radius 2 is 1.93 bits per heavy atom. The van der Waals surface area contributed by atoms with E-state index >= 15 is 0 Å². The van der Waals surface area contributed by atoms with Crippen LogP contribution in [-0.2, 0) is 4.74 Å². The predicted octanol–water partition coefficient (Wildman–Crippen LogP) is 4.78. The van der Waals surface area contributed by atoms with Crippen LogP contribution in [0.3, 0.4) is 0 Å². The lowest BCUT2D eigenvalue weighted by Gasteiger charge is -2.32. The summed E-state index contributed by atoms with van der Waals surface area (Å²) in [5.74, 6) is 1.67. The van der Waals surface area contributed by atoms with E-state index in [1.165, 1.54) is 6.42 Å². The zero-order valence-electron chi connectivity index (χ0n) is 11.2. The third kappa shape index (κ3) is 5.25. The Bertz CT molecular complexity index is 184. The Labute approximate surface area is 95.9 Å². The molecule has 0 aliphatic carbocycles. The molecule has 90 valence electrons. The maximum absolute atomic E-state index is 5.74. The van der Waals surface area contributed by atoms with E-state index in [2.05, 4.69) is 41.2 Å². The summed E-state index contributed by atoms with van der Waals surface area (Å²) >= 11 is 0. The molecule has 15 heavy (non-hydrogen) atoms. The normalized spacial score (nSPS) is 15.1. The number of hydrogen-bond donors (Lipinski definition) is 0. The van der Waals surface area contributed by atoms with Crippen LogP contribution in [0, 0.1) is 11.3 Å². The number of unbranched alkanes of at least 4 members (excludes halogenated alkanes) is 1. The molecule has 0 aromatic heterocycles. The van der Waals surface area contributed by atoms with Gasteiger partial charge in [-0.25, -0.2) is 0 Å². The molecule has 1 heteroatoms. The maximum atomic E-state index is 5.74. The molecule has 0 heterocycles. The molecule has 1 atom stereocenters. The molecule has 0 saturated carbocycles. The largest absolute Gasteiger partial charge is 0.498 e. The fraction of sp³-hybridized carbons (Fsp3) is 0.857. The van der Waals surface area contributed by atoms with Gasteiger partial charge in [0.05, 0.1) is 12.4 Å². The molecule has 0 aliphatic rings. The minimum Gasteiger partial charge on any atom is -0.498 e. The van der Waals surface area contributed by atoms with Crippen LogP contribution in [0.2, 0.25) is 0 Å². The average Bonchev–Trinajstić information content (AvgIpc) is 2.16. The van der Waals surface area contributed by atoms with Gasteiger partial charge in [0.2, 0.25) is 0 Å². The van der Waals surface area contributed by atoms with Gasteiger partial charge >= 0.3 is 0 Å². The summed E-state index contributed by atoms with van der Waals surface area (Å²) in [5, 5.41) is 0. The zero-order valence-corrected chi connectivity index (χ0v) is 11.2. The highest BCUT2D eigenvalue weighted by atomic mass is 16.5. The van der Waals surface area contributed by atoms with Gasteiger partial charge in [-0.3, -0.25) is 0 Å². The Morgan fingerprint density at radius 1 is 1.33 bits per heavy atom. The molecule has 1 nitrogen and oxygen atoms in total. The second-order valence-electron chi connectivity index (χ2n) is 5.14. The molecular formula is C14H28O. The van der Waals surface area contributed by atoms with E-state index in [-0.39, 0.29) is 5.41 Å². The van der Waals surface area contributed by atoms with Crippen LogP contribution in [-0.4, -0.2) is 6.61 Å². The van der Waals surface area contributed by atoms with Crippen molar-refractivity contribution >= 4 is 0 Å². The second-order valence-corrected chi connectivity index (χ2v) is 5.14. The van der Waals surface area contributed by atoms with Gasteiger partial charge < -0.3 is 4.74 Å². The smallest absolute Gasteiger partial charge is 0.0946 e. The van der Waals surface area contributed by atoms with Crippen LogP contribution in [0.4, 0.5) is 0 Å². The summed E-state index contributed by atoms with van der Waals surface area (Å²) in [5.41, 5.74) is 0.155. The molecule has 0 amide bonds. The molecule has 1 unspecified atom stereocenters. The SMILES string of the molecule is C=C(OCCCC)C(C)(CC)CC(C)C. The Balaban J connectivity index is 4.18. The lowest BCUT2D eigenvalue weighted by atomic mass is 9.78. The van der Waals surface area contributed by atoms with E-state index < -0.39 is 0 Å². The maximum Gasteiger partial charge on any atom is 0.0946 e. The van der Waals surface area contributed by atoms with E-state index in [1.807, 2.05) is 0 Å². The lowest BCUT2D eigenvalue weighted by Crippen LogP contribution is -2.22. The minimum atomic E-state index is 0.155. The zero-order chi connectivity index (χ0) is 11.9. The van der Waals surface area contributed by atoms with E-state index in [0.717, 1.165) is 31.6 Å². The number of allylic oxidation sites excluding steroid dienone is 1. The van der Waals surface area contributed by atoms with Crippen molar-refractivity contribution in [3.8, 4) is 0 Å². The van der Waals surface area contributed by atoms with Gasteiger partial charge in [0, 0.05) is 5.41 Å². The minimum absolute atomic E-state index is 0.155. The second kappa shape index (κ2) is 6.92. The summed E-state index contributed by atoms with van der Waals surface area (Å²) in [6.07, 6.45) is 4.57. The van der Waals surface area contributed by atoms with Gasteiger partial charge in [0.1, 0.15) is 0 Å². The number of hydrogen-bond acceptors (Lipinski definition) is 1. The molecule has 0 fully saturated rings. The first kappa shape index (κ1) is 14.5. The van der Waals surface area contributed by atoms with Crippen LogP contribution in [0.1, 0.15) is 60.3 Å². The topological polar surface area (TPSA) is 9.23 Å². The van der Waals surface area contributed by atoms with Crippen molar-refractivity contribution in [2.45, 2.75) is 60.3 Å². The van der Waals surface area contributed by atoms with Crippen LogP contribution in [0.15, 0.2) is 12.3 Å². The summed E-state index contributed by atoms with van der Waals surface area (Å²) in [6.45, 7) is 16.1. The lowest BCUT2D eigenvalue weighted by molar-refractivity contribution is 0.115. The van der Waals surface area contributed by atoms with Gasteiger partial charge in [-0.15, -0.1) is 0 Å². The van der Waals surface area contributed by atoms with Crippen molar-refractivity contribution < 1.29 is 4.74 Å². The fourth-order valence-electron chi connectivity index (χ4n) is 1.87. The summed E-state index contributed by atoms with van der Waals surface area (Å²) < 4.78 is 5.74. The third-order valence-corrected chi connectivity index (χ3v) is 3.09. The van der Waals surface area contributed by atoms with Gasteiger partial charge in [-0.2, -0.15) is 0 Å². The van der Waals surface area contributed by atoms with Gasteiger partial charge in [-0.05, 0) is 25.2 Å². The molecule has 0 aliphatic heterocycles. The predicted molar refractivity (Wildman–Crippen MR) is 67.9 cm³/mol. The van der Waals surface area contributed by atoms with Crippen LogP contribution < -0.4 is 0 Å². The van der Waals surface area contributed by atoms with Crippen molar-refractivity contribution in [2.24, 2.45) is 11.3 Å². The quantitative estimate of drug-likeness (QED) is 0.415. The van der Waals surface area contributed by atoms with Crippen LogP contribution in [0.25, 0.3) is 0 Å². The van der Waals surface area contributed by atoms with Crippen molar-refractivity contribution in [2.75, 3.05) is 6.61 Å². The molecule has 0 spiro atoms. The van der Waals surface area contributed by atoms with Crippen molar-refractivity contribution in [1.29, 1.82) is 0 Å². The van der Waals surface area contributed by atoms with E-state index in [4.69, 9.17) is 4.74 Å². The molecule has 0 saturated heterocycles. The molecule has 0 aromatic rings. The van der Waals surface area contributed by atoms with Crippen LogP contribution >= 0.6 is 0 Å². The Hall–Kier alpha value is -0.460. The van der Waals surface area contributed by atoms with E-state index in [1.54, 1.807) is 0 Å². The monoisotopic (exact) mass is 212 g/mol. The highest BCUT2D eigenvalue weighted by Crippen LogP contribution is 2.37. The number of ether oxygens (including phenoxy) is 1. The highest BCUT2D eigenvalue weighted by molar-refractivity contribution is 5.01. The van der Waals surface area contributed by atoms with E-state index in [0.29, 0.717) is 5.92 Å². The molecular weight excluding hydrogens is 184 g/mol. The number of rotatable bonds is 8. The first-order valence-corrected chi connectivity index (χ1v) is 6.28. The molecule has 0 rings (SSSR count). The van der Waals surface area contributed by atoms with Crippen molar-refractivity contribution in [1.82, 2.24) is 0 Å². The first-order valence-electron chi connectivity index (χ1n) is 6.28. The van der Waals surface area contributed by atoms with Gasteiger partial charge in [-0.1, -0.05) is 47.6 Å². The molecule has 0 N–H and O–H groups in total.